The van der Waals surface area contributed by atoms with E-state index in [1.165, 1.54) is 16.2 Å². The van der Waals surface area contributed by atoms with Gasteiger partial charge < -0.3 is 10.1 Å². The molecule has 22 heavy (non-hydrogen) atoms. The molecule has 0 spiro atoms. The van der Waals surface area contributed by atoms with Crippen molar-refractivity contribution in [1.29, 1.82) is 0 Å². The van der Waals surface area contributed by atoms with Crippen molar-refractivity contribution in [1.82, 2.24) is 10.2 Å². The Labute approximate surface area is 141 Å². The topological polar surface area (TPSA) is 58.6 Å². The van der Waals surface area contributed by atoms with E-state index in [0.29, 0.717) is 17.8 Å². The van der Waals surface area contributed by atoms with E-state index in [0.717, 1.165) is 9.35 Å². The molecule has 7 heteroatoms. The van der Waals surface area contributed by atoms with E-state index in [1.54, 1.807) is 19.9 Å². The van der Waals surface area contributed by atoms with Crippen LogP contribution in [-0.4, -0.2) is 30.1 Å². The van der Waals surface area contributed by atoms with Crippen molar-refractivity contribution >= 4 is 39.3 Å². The average Bonchev–Trinajstić information content (AvgIpc) is 2.89. The summed E-state index contributed by atoms with van der Waals surface area (Å²) in [6.45, 7) is 7.77. The van der Waals surface area contributed by atoms with E-state index < -0.39 is 12.0 Å². The smallest absolute Gasteiger partial charge is 0.338 e. The van der Waals surface area contributed by atoms with E-state index in [4.69, 9.17) is 4.74 Å². The Bertz CT molecular complexity index is 638. The largest absolute Gasteiger partial charge is 0.463 e. The van der Waals surface area contributed by atoms with Crippen LogP contribution in [0.15, 0.2) is 39.2 Å². The van der Waals surface area contributed by atoms with Gasteiger partial charge in [0.25, 0.3) is 0 Å². The first kappa shape index (κ1) is 16.8. The van der Waals surface area contributed by atoms with E-state index in [-0.39, 0.29) is 12.6 Å². The predicted octanol–water partition coefficient (Wildman–Crippen LogP) is 3.60. The molecule has 1 aromatic rings. The number of thiophene rings is 1. The molecule has 0 unspecified atom stereocenters. The molecule has 0 aromatic carbocycles. The molecule has 0 radical (unpaired) electrons. The van der Waals surface area contributed by atoms with Crippen molar-refractivity contribution in [3.63, 3.8) is 0 Å². The van der Waals surface area contributed by atoms with Crippen molar-refractivity contribution in [2.75, 3.05) is 13.2 Å². The maximum absolute atomic E-state index is 12.4. The van der Waals surface area contributed by atoms with E-state index >= 15 is 0 Å². The highest BCUT2D eigenvalue weighted by molar-refractivity contribution is 9.11. The summed E-state index contributed by atoms with van der Waals surface area (Å²) in [5.41, 5.74) is 1.90. The molecule has 1 aliphatic heterocycles. The lowest BCUT2D eigenvalue weighted by Gasteiger charge is -2.34. The summed E-state index contributed by atoms with van der Waals surface area (Å²) in [6, 6.07) is 1.14. The van der Waals surface area contributed by atoms with Crippen molar-refractivity contribution in [3.05, 3.63) is 44.7 Å². The van der Waals surface area contributed by atoms with E-state index in [2.05, 4.69) is 27.8 Å². The first-order chi connectivity index (χ1) is 10.5. The van der Waals surface area contributed by atoms with Gasteiger partial charge in [-0.1, -0.05) is 6.08 Å². The monoisotopic (exact) mass is 384 g/mol. The number of allylic oxidation sites excluding steroid dienone is 1. The SMILES string of the molecule is C=CCN1C(=O)N[C@@H](c2csc(Br)c2)C(C(=O)OCC)=C1C. The van der Waals surface area contributed by atoms with Gasteiger partial charge in [-0.25, -0.2) is 9.59 Å². The molecule has 0 fully saturated rings. The second-order valence-electron chi connectivity index (χ2n) is 4.69. The second-order valence-corrected chi connectivity index (χ2v) is 6.98. The van der Waals surface area contributed by atoms with Crippen LogP contribution in [0.1, 0.15) is 25.5 Å². The number of amides is 2. The van der Waals surface area contributed by atoms with Gasteiger partial charge in [0.15, 0.2) is 0 Å². The number of ether oxygens (including phenoxy) is 1. The quantitative estimate of drug-likeness (QED) is 0.623. The second kappa shape index (κ2) is 7.11. The zero-order valence-corrected chi connectivity index (χ0v) is 14.8. The number of urea groups is 1. The molecule has 1 N–H and O–H groups in total. The maximum atomic E-state index is 12.4. The normalized spacial score (nSPS) is 18.2. The molecule has 2 rings (SSSR count). The van der Waals surface area contributed by atoms with Crippen LogP contribution in [0.3, 0.4) is 0 Å². The van der Waals surface area contributed by atoms with Gasteiger partial charge in [-0.2, -0.15) is 0 Å². The van der Waals surface area contributed by atoms with Crippen LogP contribution >= 0.6 is 27.3 Å². The number of esters is 1. The van der Waals surface area contributed by atoms with Gasteiger partial charge in [0.2, 0.25) is 0 Å². The Hall–Kier alpha value is -1.60. The standard InChI is InChI=1S/C15H17BrN2O3S/c1-4-6-18-9(3)12(14(19)21-5-2)13(17-15(18)20)10-7-11(16)22-8-10/h4,7-8,13H,1,5-6H2,2-3H3,(H,17,20)/t13-/m0/s1. The first-order valence-corrected chi connectivity index (χ1v) is 8.47. The minimum atomic E-state index is -0.504. The number of rotatable bonds is 5. The molecular weight excluding hydrogens is 368 g/mol. The maximum Gasteiger partial charge on any atom is 0.338 e. The molecule has 1 aliphatic rings. The molecule has 0 bridgehead atoms. The first-order valence-electron chi connectivity index (χ1n) is 6.80. The molecule has 1 atom stereocenters. The van der Waals surface area contributed by atoms with Crippen LogP contribution < -0.4 is 5.32 Å². The lowest BCUT2D eigenvalue weighted by atomic mass is 9.97. The summed E-state index contributed by atoms with van der Waals surface area (Å²) in [4.78, 5) is 26.1. The Kier molecular flexibility index (Phi) is 5.42. The van der Waals surface area contributed by atoms with Gasteiger partial charge >= 0.3 is 12.0 Å². The van der Waals surface area contributed by atoms with Crippen LogP contribution in [0.2, 0.25) is 0 Å². The zero-order valence-electron chi connectivity index (χ0n) is 12.4. The van der Waals surface area contributed by atoms with Crippen LogP contribution in [0.25, 0.3) is 0 Å². The van der Waals surface area contributed by atoms with Gasteiger partial charge in [-0.05, 0) is 46.8 Å². The third-order valence-electron chi connectivity index (χ3n) is 3.32. The zero-order chi connectivity index (χ0) is 16.3. The van der Waals surface area contributed by atoms with Gasteiger partial charge in [-0.3, -0.25) is 4.90 Å². The van der Waals surface area contributed by atoms with Gasteiger partial charge in [0.1, 0.15) is 0 Å². The van der Waals surface area contributed by atoms with Crippen molar-refractivity contribution in [3.8, 4) is 0 Å². The summed E-state index contributed by atoms with van der Waals surface area (Å²) < 4.78 is 6.10. The molecular formula is C15H17BrN2O3S. The average molecular weight is 385 g/mol. The van der Waals surface area contributed by atoms with Crippen LogP contribution in [-0.2, 0) is 9.53 Å². The Balaban J connectivity index is 2.49. The van der Waals surface area contributed by atoms with Gasteiger partial charge in [0, 0.05) is 12.2 Å². The molecule has 5 nitrogen and oxygen atoms in total. The highest BCUT2D eigenvalue weighted by atomic mass is 79.9. The number of nitrogens with zero attached hydrogens (tertiary/aromatic N) is 1. The molecule has 0 saturated heterocycles. The summed E-state index contributed by atoms with van der Waals surface area (Å²) >= 11 is 4.90. The summed E-state index contributed by atoms with van der Waals surface area (Å²) in [6.07, 6.45) is 1.62. The van der Waals surface area contributed by atoms with E-state index in [1.807, 2.05) is 11.4 Å². The molecule has 2 heterocycles. The third-order valence-corrected chi connectivity index (χ3v) is 4.85. The number of carbonyl (C=O) groups excluding carboxylic acids is 2. The lowest BCUT2D eigenvalue weighted by Crippen LogP contribution is -2.47. The molecule has 118 valence electrons. The number of nitrogens with one attached hydrogen (secondary N) is 1. The minimum Gasteiger partial charge on any atom is -0.463 e. The molecule has 0 aliphatic carbocycles. The van der Waals surface area contributed by atoms with Crippen LogP contribution in [0, 0.1) is 0 Å². The lowest BCUT2D eigenvalue weighted by molar-refractivity contribution is -0.139. The Morgan fingerprint density at radius 3 is 2.91 bits per heavy atom. The fourth-order valence-electron chi connectivity index (χ4n) is 2.33. The molecule has 1 aromatic heterocycles. The summed E-state index contributed by atoms with van der Waals surface area (Å²) in [7, 11) is 0. The molecule has 2 amide bonds. The van der Waals surface area contributed by atoms with Crippen molar-refractivity contribution < 1.29 is 14.3 Å². The van der Waals surface area contributed by atoms with Gasteiger partial charge in [-0.15, -0.1) is 17.9 Å². The Morgan fingerprint density at radius 2 is 2.36 bits per heavy atom. The third kappa shape index (κ3) is 3.25. The summed E-state index contributed by atoms with van der Waals surface area (Å²) in [5, 5.41) is 4.77. The van der Waals surface area contributed by atoms with Crippen LogP contribution in [0.5, 0.6) is 0 Å². The van der Waals surface area contributed by atoms with Crippen molar-refractivity contribution in [2.45, 2.75) is 19.9 Å². The van der Waals surface area contributed by atoms with Crippen molar-refractivity contribution in [2.24, 2.45) is 0 Å². The number of hydrogen-bond donors (Lipinski definition) is 1. The summed E-state index contributed by atoms with van der Waals surface area (Å²) in [5.74, 6) is -0.415. The highest BCUT2D eigenvalue weighted by Crippen LogP contribution is 2.34. The molecule has 0 saturated carbocycles. The number of hydrogen-bond acceptors (Lipinski definition) is 4. The highest BCUT2D eigenvalue weighted by Gasteiger charge is 2.36. The predicted molar refractivity (Wildman–Crippen MR) is 89.5 cm³/mol. The fourth-order valence-corrected chi connectivity index (χ4v) is 3.53. The minimum absolute atomic E-state index is 0.252. The number of carbonyl (C=O) groups is 2. The van der Waals surface area contributed by atoms with Crippen LogP contribution in [0.4, 0.5) is 4.79 Å². The van der Waals surface area contributed by atoms with Gasteiger partial charge in [0.05, 0.1) is 22.0 Å². The van der Waals surface area contributed by atoms with E-state index in [9.17, 15) is 9.59 Å². The number of halogens is 1. The fraction of sp³-hybridized carbons (Fsp3) is 0.333. The Morgan fingerprint density at radius 1 is 1.64 bits per heavy atom.